The van der Waals surface area contributed by atoms with Gasteiger partial charge in [-0.15, -0.1) is 0 Å². The van der Waals surface area contributed by atoms with Crippen molar-refractivity contribution in [3.63, 3.8) is 0 Å². The number of aromatic nitrogens is 4. The fourth-order valence-corrected chi connectivity index (χ4v) is 3.19. The van der Waals surface area contributed by atoms with Crippen LogP contribution in [0.15, 0.2) is 48.8 Å². The van der Waals surface area contributed by atoms with Crippen LogP contribution in [0.1, 0.15) is 32.1 Å². The normalized spacial score (nSPS) is 15.4. The number of fused-ring (bicyclic) bond motifs is 1. The van der Waals surface area contributed by atoms with Crippen molar-refractivity contribution in [1.29, 1.82) is 0 Å². The van der Waals surface area contributed by atoms with E-state index in [2.05, 4.69) is 20.8 Å². The number of amides is 2. The van der Waals surface area contributed by atoms with Gasteiger partial charge in [0, 0.05) is 31.9 Å². The van der Waals surface area contributed by atoms with Gasteiger partial charge in [-0.05, 0) is 11.6 Å². The molecule has 27 heavy (non-hydrogen) atoms. The fourth-order valence-electron chi connectivity index (χ4n) is 3.19. The monoisotopic (exact) mass is 364 g/mol. The number of benzene rings is 1. The molecule has 0 saturated carbocycles. The maximum atomic E-state index is 12.3. The molecule has 1 unspecified atom stereocenters. The molecule has 0 fully saturated rings. The molecule has 2 N–H and O–H groups in total. The van der Waals surface area contributed by atoms with Gasteiger partial charge in [0.1, 0.15) is 5.69 Å². The van der Waals surface area contributed by atoms with Crippen LogP contribution in [0.25, 0.3) is 0 Å². The maximum Gasteiger partial charge on any atom is 0.272 e. The van der Waals surface area contributed by atoms with E-state index in [0.717, 1.165) is 11.3 Å². The summed E-state index contributed by atoms with van der Waals surface area (Å²) >= 11 is 0. The number of carbonyl (C=O) groups excluding carboxylic acids is 2. The van der Waals surface area contributed by atoms with E-state index in [0.29, 0.717) is 30.8 Å². The minimum absolute atomic E-state index is 0.0402. The summed E-state index contributed by atoms with van der Waals surface area (Å²) < 4.78 is 3.38. The van der Waals surface area contributed by atoms with Crippen molar-refractivity contribution in [2.75, 3.05) is 0 Å². The third-order valence-electron chi connectivity index (χ3n) is 4.54. The lowest BCUT2D eigenvalue weighted by Gasteiger charge is -2.10. The van der Waals surface area contributed by atoms with E-state index >= 15 is 0 Å². The van der Waals surface area contributed by atoms with E-state index in [-0.39, 0.29) is 17.9 Å². The molecule has 8 heteroatoms. The molecule has 1 aliphatic heterocycles. The molecule has 138 valence electrons. The van der Waals surface area contributed by atoms with Crippen LogP contribution in [0.5, 0.6) is 0 Å². The summed E-state index contributed by atoms with van der Waals surface area (Å²) in [5.41, 5.74) is 2.91. The van der Waals surface area contributed by atoms with E-state index in [1.54, 1.807) is 28.7 Å². The first-order valence-corrected chi connectivity index (χ1v) is 8.77. The van der Waals surface area contributed by atoms with Gasteiger partial charge in [0.05, 0.1) is 24.3 Å². The lowest BCUT2D eigenvalue weighted by Crippen LogP contribution is -2.36. The highest BCUT2D eigenvalue weighted by molar-refractivity contribution is 5.94. The quantitative estimate of drug-likeness (QED) is 0.703. The van der Waals surface area contributed by atoms with E-state index in [1.165, 1.54) is 6.20 Å². The van der Waals surface area contributed by atoms with Crippen LogP contribution >= 0.6 is 0 Å². The molecule has 2 aromatic heterocycles. The third kappa shape index (κ3) is 3.74. The van der Waals surface area contributed by atoms with E-state index in [4.69, 9.17) is 0 Å². The van der Waals surface area contributed by atoms with Crippen molar-refractivity contribution in [2.45, 2.75) is 25.6 Å². The SMILES string of the molecule is Cn1cc(C(=O)NC2Cc3cc(C(=O)NCc4ccccc4)nn3C2)cn1. The molecular formula is C19H20N6O2. The number of hydrogen-bond acceptors (Lipinski definition) is 4. The van der Waals surface area contributed by atoms with Gasteiger partial charge in [-0.1, -0.05) is 30.3 Å². The van der Waals surface area contributed by atoms with Crippen LogP contribution in [-0.4, -0.2) is 37.4 Å². The first-order chi connectivity index (χ1) is 13.1. The molecule has 0 spiro atoms. The Morgan fingerprint density at radius 3 is 2.74 bits per heavy atom. The molecule has 1 aromatic carbocycles. The topological polar surface area (TPSA) is 93.8 Å². The highest BCUT2D eigenvalue weighted by atomic mass is 16.2. The van der Waals surface area contributed by atoms with Crippen LogP contribution in [0, 0.1) is 0 Å². The highest BCUT2D eigenvalue weighted by Crippen LogP contribution is 2.17. The highest BCUT2D eigenvalue weighted by Gasteiger charge is 2.26. The Kier molecular flexibility index (Phi) is 4.45. The van der Waals surface area contributed by atoms with Crippen LogP contribution < -0.4 is 10.6 Å². The zero-order chi connectivity index (χ0) is 18.8. The Morgan fingerprint density at radius 1 is 1.22 bits per heavy atom. The molecule has 0 aliphatic carbocycles. The van der Waals surface area contributed by atoms with Crippen molar-refractivity contribution >= 4 is 11.8 Å². The van der Waals surface area contributed by atoms with Gasteiger partial charge < -0.3 is 10.6 Å². The summed E-state index contributed by atoms with van der Waals surface area (Å²) in [5.74, 6) is -0.351. The Balaban J connectivity index is 1.33. The summed E-state index contributed by atoms with van der Waals surface area (Å²) in [6.45, 7) is 1.01. The molecule has 1 atom stereocenters. The first kappa shape index (κ1) is 17.0. The number of hydrogen-bond donors (Lipinski definition) is 2. The molecule has 1 aliphatic rings. The molecule has 2 amide bonds. The zero-order valence-corrected chi connectivity index (χ0v) is 14.9. The van der Waals surface area contributed by atoms with Crippen molar-refractivity contribution in [2.24, 2.45) is 7.05 Å². The van der Waals surface area contributed by atoms with Gasteiger partial charge in [0.15, 0.2) is 0 Å². The number of carbonyl (C=O) groups is 2. The second-order valence-corrected chi connectivity index (χ2v) is 6.65. The Labute approximate surface area is 156 Å². The van der Waals surface area contributed by atoms with Crippen molar-refractivity contribution < 1.29 is 9.59 Å². The van der Waals surface area contributed by atoms with Gasteiger partial charge in [-0.25, -0.2) is 0 Å². The number of nitrogens with zero attached hydrogens (tertiary/aromatic N) is 4. The van der Waals surface area contributed by atoms with Gasteiger partial charge in [0.25, 0.3) is 11.8 Å². The largest absolute Gasteiger partial charge is 0.347 e. The van der Waals surface area contributed by atoms with Crippen LogP contribution in [0.2, 0.25) is 0 Å². The van der Waals surface area contributed by atoms with Crippen LogP contribution in [0.4, 0.5) is 0 Å². The second kappa shape index (κ2) is 7.06. The smallest absolute Gasteiger partial charge is 0.272 e. The minimum atomic E-state index is -0.198. The Bertz CT molecular complexity index is 952. The van der Waals surface area contributed by atoms with Crippen molar-refractivity contribution in [3.8, 4) is 0 Å². The van der Waals surface area contributed by atoms with Crippen molar-refractivity contribution in [1.82, 2.24) is 30.2 Å². The van der Waals surface area contributed by atoms with Gasteiger partial charge >= 0.3 is 0 Å². The van der Waals surface area contributed by atoms with Crippen LogP contribution in [-0.2, 0) is 26.6 Å². The Morgan fingerprint density at radius 2 is 2.04 bits per heavy atom. The first-order valence-electron chi connectivity index (χ1n) is 8.77. The summed E-state index contributed by atoms with van der Waals surface area (Å²) in [6, 6.07) is 11.5. The summed E-state index contributed by atoms with van der Waals surface area (Å²) in [4.78, 5) is 24.5. The average molecular weight is 364 g/mol. The van der Waals surface area contributed by atoms with E-state index in [9.17, 15) is 9.59 Å². The van der Waals surface area contributed by atoms with Crippen LogP contribution in [0.3, 0.4) is 0 Å². The summed E-state index contributed by atoms with van der Waals surface area (Å²) in [5, 5.41) is 14.2. The third-order valence-corrected chi connectivity index (χ3v) is 4.54. The predicted molar refractivity (Wildman–Crippen MR) is 98.0 cm³/mol. The molecule has 3 aromatic rings. The Hall–Kier alpha value is -3.42. The van der Waals surface area contributed by atoms with E-state index in [1.807, 2.05) is 30.3 Å². The molecular weight excluding hydrogens is 344 g/mol. The lowest BCUT2D eigenvalue weighted by molar-refractivity contribution is 0.0927. The molecule has 4 rings (SSSR count). The number of nitrogens with one attached hydrogen (secondary N) is 2. The van der Waals surface area contributed by atoms with Gasteiger partial charge in [0.2, 0.25) is 0 Å². The van der Waals surface area contributed by atoms with Gasteiger partial charge in [-0.2, -0.15) is 10.2 Å². The maximum absolute atomic E-state index is 12.3. The summed E-state index contributed by atoms with van der Waals surface area (Å²) in [7, 11) is 1.77. The minimum Gasteiger partial charge on any atom is -0.347 e. The molecule has 0 bridgehead atoms. The molecule has 3 heterocycles. The average Bonchev–Trinajstić information content (AvgIpc) is 3.35. The molecule has 0 radical (unpaired) electrons. The number of rotatable bonds is 5. The number of aryl methyl sites for hydroxylation is 1. The molecule has 8 nitrogen and oxygen atoms in total. The van der Waals surface area contributed by atoms with E-state index < -0.39 is 0 Å². The zero-order valence-electron chi connectivity index (χ0n) is 14.9. The molecule has 0 saturated heterocycles. The predicted octanol–water partition coefficient (Wildman–Crippen LogP) is 0.901. The second-order valence-electron chi connectivity index (χ2n) is 6.65. The van der Waals surface area contributed by atoms with Gasteiger partial charge in [-0.3, -0.25) is 19.0 Å². The lowest BCUT2D eigenvalue weighted by atomic mass is 10.2. The standard InChI is InChI=1S/C19H20N6O2/c1-24-11-14(10-21-24)18(26)22-15-7-16-8-17(23-25(16)12-15)19(27)20-9-13-5-3-2-4-6-13/h2-6,8,10-11,15H,7,9,12H2,1H3,(H,20,27)(H,22,26). The fraction of sp³-hybridized carbons (Fsp3) is 0.263. The summed E-state index contributed by atoms with van der Waals surface area (Å²) in [6.07, 6.45) is 3.86. The van der Waals surface area contributed by atoms with Crippen molar-refractivity contribution in [3.05, 3.63) is 71.3 Å².